The van der Waals surface area contributed by atoms with Crippen LogP contribution in [0.4, 0.5) is 17.1 Å². The topological polar surface area (TPSA) is 117 Å². The second-order valence-electron chi connectivity index (χ2n) is 8.76. The van der Waals surface area contributed by atoms with E-state index in [0.29, 0.717) is 37.0 Å². The first-order valence-corrected chi connectivity index (χ1v) is 12.7. The highest BCUT2D eigenvalue weighted by Crippen LogP contribution is 2.33. The summed E-state index contributed by atoms with van der Waals surface area (Å²) in [5.74, 6) is -0.646. The molecule has 2 aliphatic rings. The summed E-state index contributed by atoms with van der Waals surface area (Å²) in [6.07, 6.45) is -0.116. The Morgan fingerprint density at radius 2 is 1.94 bits per heavy atom. The maximum absolute atomic E-state index is 13.4. The largest absolute Gasteiger partial charge is 0.379 e. The van der Waals surface area contributed by atoms with Gasteiger partial charge in [0, 0.05) is 38.7 Å². The lowest BCUT2D eigenvalue weighted by Crippen LogP contribution is -2.43. The molecule has 2 aromatic carbocycles. The van der Waals surface area contributed by atoms with E-state index in [4.69, 9.17) is 9.73 Å². The monoisotopic (exact) mass is 511 g/mol. The Kier molecular flexibility index (Phi) is 8.34. The molecule has 0 spiro atoms. The van der Waals surface area contributed by atoms with Crippen molar-refractivity contribution in [3.05, 3.63) is 63.7 Å². The van der Waals surface area contributed by atoms with Crippen molar-refractivity contribution >= 4 is 45.8 Å². The zero-order valence-electron chi connectivity index (χ0n) is 20.3. The standard InChI is InChI=1S/C25H29N5O5S/c1-17-7-8-20(21(15-17)30(33)34)26-23(31)16-22-24(32)29(10-9-28-11-13-35-14-12-28)25(36-22)27-19-6-4-3-5-18(19)2/h3-8,15,22H,9-14,16H2,1-2H3,(H,26,31)/t22-/m0/s1. The summed E-state index contributed by atoms with van der Waals surface area (Å²) in [5, 5.41) is 13.9. The summed E-state index contributed by atoms with van der Waals surface area (Å²) in [4.78, 5) is 45.7. The molecule has 2 aromatic rings. The number of hydrogen-bond acceptors (Lipinski definition) is 8. The predicted molar refractivity (Wildman–Crippen MR) is 140 cm³/mol. The van der Waals surface area contributed by atoms with Crippen LogP contribution in [0.5, 0.6) is 0 Å². The van der Waals surface area contributed by atoms with Crippen LogP contribution >= 0.6 is 11.8 Å². The van der Waals surface area contributed by atoms with Gasteiger partial charge in [-0.3, -0.25) is 29.5 Å². The smallest absolute Gasteiger partial charge is 0.293 e. The number of rotatable bonds is 8. The number of carbonyl (C=O) groups excluding carboxylic acids is 2. The number of para-hydroxylation sites is 1. The number of morpholine rings is 1. The molecule has 2 aliphatic heterocycles. The second-order valence-corrected chi connectivity index (χ2v) is 9.93. The molecule has 2 saturated heterocycles. The molecule has 190 valence electrons. The number of aryl methyl sites for hydroxylation is 2. The van der Waals surface area contributed by atoms with Crippen molar-refractivity contribution in [2.45, 2.75) is 25.5 Å². The van der Waals surface area contributed by atoms with Gasteiger partial charge in [-0.1, -0.05) is 36.0 Å². The molecule has 4 rings (SSSR count). The molecule has 11 heteroatoms. The Labute approximate surface area is 213 Å². The zero-order chi connectivity index (χ0) is 25.7. The van der Waals surface area contributed by atoms with Crippen molar-refractivity contribution in [3.8, 4) is 0 Å². The average Bonchev–Trinajstić information content (AvgIpc) is 3.14. The van der Waals surface area contributed by atoms with E-state index in [2.05, 4.69) is 10.2 Å². The lowest BCUT2D eigenvalue weighted by atomic mass is 10.2. The lowest BCUT2D eigenvalue weighted by Gasteiger charge is -2.28. The summed E-state index contributed by atoms with van der Waals surface area (Å²) in [5.41, 5.74) is 2.41. The van der Waals surface area contributed by atoms with Crippen LogP contribution in [0.2, 0.25) is 0 Å². The van der Waals surface area contributed by atoms with Gasteiger partial charge in [-0.05, 0) is 37.1 Å². The first kappa shape index (κ1) is 25.8. The number of hydrogen-bond donors (Lipinski definition) is 1. The number of anilines is 1. The van der Waals surface area contributed by atoms with Gasteiger partial charge >= 0.3 is 0 Å². The van der Waals surface area contributed by atoms with Gasteiger partial charge < -0.3 is 10.1 Å². The number of ether oxygens (including phenoxy) is 1. The molecule has 0 aliphatic carbocycles. The molecular weight excluding hydrogens is 482 g/mol. The third kappa shape index (κ3) is 6.28. The number of benzene rings is 2. The zero-order valence-corrected chi connectivity index (χ0v) is 21.1. The quantitative estimate of drug-likeness (QED) is 0.426. The second kappa shape index (κ2) is 11.6. The third-order valence-electron chi connectivity index (χ3n) is 6.09. The van der Waals surface area contributed by atoms with Crippen LogP contribution in [0.1, 0.15) is 17.5 Å². The van der Waals surface area contributed by atoms with Crippen LogP contribution < -0.4 is 5.32 Å². The van der Waals surface area contributed by atoms with Crippen molar-refractivity contribution < 1.29 is 19.2 Å². The van der Waals surface area contributed by atoms with Gasteiger partial charge in [-0.25, -0.2) is 4.99 Å². The molecule has 0 bridgehead atoms. The fraction of sp³-hybridized carbons (Fsp3) is 0.400. The molecule has 1 atom stereocenters. The number of thioether (sulfide) groups is 1. The van der Waals surface area contributed by atoms with Crippen molar-refractivity contribution in [1.29, 1.82) is 0 Å². The van der Waals surface area contributed by atoms with Gasteiger partial charge in [0.1, 0.15) is 10.9 Å². The number of nitro groups is 1. The van der Waals surface area contributed by atoms with Crippen molar-refractivity contribution in [1.82, 2.24) is 9.80 Å². The molecule has 0 unspecified atom stereocenters. The average molecular weight is 512 g/mol. The number of aliphatic imine (C=N–C) groups is 1. The van der Waals surface area contributed by atoms with E-state index >= 15 is 0 Å². The van der Waals surface area contributed by atoms with Crippen LogP contribution in [-0.2, 0) is 14.3 Å². The highest BCUT2D eigenvalue weighted by molar-refractivity contribution is 8.15. The number of nitrogens with one attached hydrogen (secondary N) is 1. The van der Waals surface area contributed by atoms with Crippen LogP contribution in [0.3, 0.4) is 0 Å². The summed E-state index contributed by atoms with van der Waals surface area (Å²) in [7, 11) is 0. The van der Waals surface area contributed by atoms with Gasteiger partial charge in [0.2, 0.25) is 11.8 Å². The minimum atomic E-state index is -0.665. The SMILES string of the molecule is Cc1ccc(NC(=O)C[C@@H]2SC(=Nc3ccccc3C)N(CCN3CCOCC3)C2=O)c([N+](=O)[O-])c1. The maximum atomic E-state index is 13.4. The van der Waals surface area contributed by atoms with E-state index in [1.54, 1.807) is 17.9 Å². The number of amidine groups is 1. The molecule has 36 heavy (non-hydrogen) atoms. The van der Waals surface area contributed by atoms with Crippen LogP contribution in [0.25, 0.3) is 0 Å². The van der Waals surface area contributed by atoms with Gasteiger partial charge in [0.15, 0.2) is 5.17 Å². The molecule has 0 aromatic heterocycles. The Morgan fingerprint density at radius 1 is 1.19 bits per heavy atom. The molecule has 2 amide bonds. The maximum Gasteiger partial charge on any atom is 0.293 e. The summed E-state index contributed by atoms with van der Waals surface area (Å²) in [6, 6.07) is 12.3. The first-order valence-electron chi connectivity index (χ1n) is 11.8. The van der Waals surface area contributed by atoms with Crippen LogP contribution in [0, 0.1) is 24.0 Å². The summed E-state index contributed by atoms with van der Waals surface area (Å²) >= 11 is 1.26. The Morgan fingerprint density at radius 3 is 2.67 bits per heavy atom. The highest BCUT2D eigenvalue weighted by Gasteiger charge is 2.39. The minimum absolute atomic E-state index is 0.115. The minimum Gasteiger partial charge on any atom is -0.379 e. The Balaban J connectivity index is 1.50. The van der Waals surface area contributed by atoms with Crippen molar-refractivity contribution in [2.24, 2.45) is 4.99 Å². The molecule has 10 nitrogen and oxygen atoms in total. The van der Waals surface area contributed by atoms with Crippen LogP contribution in [0.15, 0.2) is 47.5 Å². The lowest BCUT2D eigenvalue weighted by molar-refractivity contribution is -0.384. The van der Waals surface area contributed by atoms with E-state index in [1.807, 2.05) is 31.2 Å². The number of carbonyl (C=O) groups is 2. The number of nitro benzene ring substituents is 1. The number of amides is 2. The molecule has 0 saturated carbocycles. The summed E-state index contributed by atoms with van der Waals surface area (Å²) in [6.45, 7) is 7.78. The molecule has 2 heterocycles. The van der Waals surface area contributed by atoms with Gasteiger partial charge in [-0.2, -0.15) is 0 Å². The molecule has 2 fully saturated rings. The van der Waals surface area contributed by atoms with Gasteiger partial charge in [0.05, 0.1) is 23.8 Å². The van der Waals surface area contributed by atoms with E-state index < -0.39 is 16.1 Å². The highest BCUT2D eigenvalue weighted by atomic mass is 32.2. The Bertz CT molecular complexity index is 1180. The molecule has 0 radical (unpaired) electrons. The fourth-order valence-corrected chi connectivity index (χ4v) is 5.23. The molecule has 1 N–H and O–H groups in total. The predicted octanol–water partition coefficient (Wildman–Crippen LogP) is 3.50. The Hall–Kier alpha value is -3.28. The van der Waals surface area contributed by atoms with E-state index in [-0.39, 0.29) is 23.7 Å². The van der Waals surface area contributed by atoms with Gasteiger partial charge in [0.25, 0.3) is 5.69 Å². The van der Waals surface area contributed by atoms with E-state index in [0.717, 1.165) is 24.3 Å². The van der Waals surface area contributed by atoms with Gasteiger partial charge in [-0.15, -0.1) is 0 Å². The molecular formula is C25H29N5O5S. The normalized spacial score (nSPS) is 19.6. The van der Waals surface area contributed by atoms with Crippen molar-refractivity contribution in [3.63, 3.8) is 0 Å². The number of nitrogens with zero attached hydrogens (tertiary/aromatic N) is 4. The van der Waals surface area contributed by atoms with Crippen molar-refractivity contribution in [2.75, 3.05) is 44.7 Å². The fourth-order valence-electron chi connectivity index (χ4n) is 4.06. The first-order chi connectivity index (χ1) is 17.3. The van der Waals surface area contributed by atoms with Crippen LogP contribution in [-0.4, -0.2) is 76.3 Å². The van der Waals surface area contributed by atoms with E-state index in [1.165, 1.54) is 23.9 Å². The van der Waals surface area contributed by atoms with E-state index in [9.17, 15) is 19.7 Å². The third-order valence-corrected chi connectivity index (χ3v) is 7.27. The summed E-state index contributed by atoms with van der Waals surface area (Å²) < 4.78 is 5.41.